The highest BCUT2D eigenvalue weighted by Gasteiger charge is 2.13. The molecule has 0 saturated carbocycles. The normalized spacial score (nSPS) is 10.9. The van der Waals surface area contributed by atoms with E-state index >= 15 is 0 Å². The smallest absolute Gasteiger partial charge is 0.258 e. The van der Waals surface area contributed by atoms with E-state index in [1.54, 1.807) is 6.20 Å². The zero-order valence-electron chi connectivity index (χ0n) is 13.0. The van der Waals surface area contributed by atoms with Gasteiger partial charge in [-0.1, -0.05) is 11.8 Å². The summed E-state index contributed by atoms with van der Waals surface area (Å²) >= 11 is 2.87. The molecule has 0 aromatic carbocycles. The molecule has 0 aliphatic rings. The summed E-state index contributed by atoms with van der Waals surface area (Å²) in [6, 6.07) is 3.77. The number of hydrogen-bond donors (Lipinski definition) is 0. The molecular formula is C16H14N4OS2. The first-order valence-corrected chi connectivity index (χ1v) is 8.84. The van der Waals surface area contributed by atoms with E-state index < -0.39 is 0 Å². The Morgan fingerprint density at radius 3 is 2.83 bits per heavy atom. The van der Waals surface area contributed by atoms with Crippen LogP contribution in [0, 0.1) is 32.1 Å². The van der Waals surface area contributed by atoms with Crippen molar-refractivity contribution in [1.82, 2.24) is 14.4 Å². The van der Waals surface area contributed by atoms with Crippen molar-refractivity contribution >= 4 is 28.1 Å². The summed E-state index contributed by atoms with van der Waals surface area (Å²) in [5.41, 5.74) is 4.14. The Morgan fingerprint density at radius 2 is 2.09 bits per heavy atom. The van der Waals surface area contributed by atoms with Crippen molar-refractivity contribution in [2.75, 3.05) is 0 Å². The Balaban J connectivity index is 1.94. The third-order valence-electron chi connectivity index (χ3n) is 3.79. The number of rotatable bonds is 3. The van der Waals surface area contributed by atoms with Gasteiger partial charge in [0, 0.05) is 29.1 Å². The minimum Gasteiger partial charge on any atom is -0.269 e. The molecule has 3 aromatic rings. The molecule has 23 heavy (non-hydrogen) atoms. The van der Waals surface area contributed by atoms with E-state index in [9.17, 15) is 10.1 Å². The molecule has 0 amide bonds. The number of aryl methyl sites for hydroxylation is 1. The Kier molecular flexibility index (Phi) is 4.20. The van der Waals surface area contributed by atoms with Crippen LogP contribution in [0.15, 0.2) is 27.5 Å². The fourth-order valence-electron chi connectivity index (χ4n) is 2.25. The van der Waals surface area contributed by atoms with Crippen LogP contribution in [0.5, 0.6) is 0 Å². The first-order chi connectivity index (χ1) is 11.0. The highest BCUT2D eigenvalue weighted by molar-refractivity contribution is 7.98. The first kappa shape index (κ1) is 15.7. The fraction of sp³-hybridized carbons (Fsp3) is 0.250. The van der Waals surface area contributed by atoms with Crippen LogP contribution in [0.4, 0.5) is 0 Å². The van der Waals surface area contributed by atoms with Gasteiger partial charge < -0.3 is 0 Å². The zero-order valence-corrected chi connectivity index (χ0v) is 14.6. The molecule has 3 heterocycles. The lowest BCUT2D eigenvalue weighted by Gasteiger charge is -2.10. The fourth-order valence-corrected chi connectivity index (χ4v) is 3.97. The molecule has 0 unspecified atom stereocenters. The molecule has 0 N–H and O–H groups in total. The topological polar surface area (TPSA) is 71.1 Å². The molecule has 5 nitrogen and oxygen atoms in total. The van der Waals surface area contributed by atoms with Gasteiger partial charge in [0.05, 0.1) is 11.3 Å². The van der Waals surface area contributed by atoms with Crippen molar-refractivity contribution in [3.63, 3.8) is 0 Å². The zero-order chi connectivity index (χ0) is 16.6. The summed E-state index contributed by atoms with van der Waals surface area (Å²) in [6.45, 7) is 5.85. The number of thioether (sulfide) groups is 1. The van der Waals surface area contributed by atoms with Crippen molar-refractivity contribution in [2.24, 2.45) is 0 Å². The van der Waals surface area contributed by atoms with Gasteiger partial charge in [-0.2, -0.15) is 5.26 Å². The SMILES string of the molecule is Cc1nc(SCc2cc(=O)n3ccsc3n2)c(C#N)c(C)c1C. The summed E-state index contributed by atoms with van der Waals surface area (Å²) in [6.07, 6.45) is 1.72. The van der Waals surface area contributed by atoms with Gasteiger partial charge in [0.25, 0.3) is 5.56 Å². The quantitative estimate of drug-likeness (QED) is 0.683. The molecule has 0 spiro atoms. The van der Waals surface area contributed by atoms with E-state index in [1.807, 2.05) is 26.2 Å². The van der Waals surface area contributed by atoms with E-state index in [4.69, 9.17) is 0 Å². The molecule has 0 aliphatic heterocycles. The maximum Gasteiger partial charge on any atom is 0.258 e. The summed E-state index contributed by atoms with van der Waals surface area (Å²) in [5.74, 6) is 0.507. The highest BCUT2D eigenvalue weighted by Crippen LogP contribution is 2.28. The van der Waals surface area contributed by atoms with Crippen LogP contribution in [-0.2, 0) is 5.75 Å². The largest absolute Gasteiger partial charge is 0.269 e. The number of fused-ring (bicyclic) bond motifs is 1. The second-order valence-corrected chi connectivity index (χ2v) is 7.01. The van der Waals surface area contributed by atoms with Crippen LogP contribution in [-0.4, -0.2) is 14.4 Å². The van der Waals surface area contributed by atoms with E-state index in [0.717, 1.165) is 16.8 Å². The number of pyridine rings is 1. The first-order valence-electron chi connectivity index (χ1n) is 6.97. The van der Waals surface area contributed by atoms with Gasteiger partial charge in [-0.25, -0.2) is 9.97 Å². The lowest BCUT2D eigenvalue weighted by molar-refractivity contribution is 0.994. The van der Waals surface area contributed by atoms with Gasteiger partial charge in [-0.05, 0) is 31.9 Å². The molecule has 0 aliphatic carbocycles. The van der Waals surface area contributed by atoms with E-state index in [2.05, 4.69) is 16.0 Å². The maximum absolute atomic E-state index is 12.0. The summed E-state index contributed by atoms with van der Waals surface area (Å²) in [5, 5.41) is 11.9. The van der Waals surface area contributed by atoms with Crippen molar-refractivity contribution < 1.29 is 0 Å². The number of thiazole rings is 1. The van der Waals surface area contributed by atoms with Crippen LogP contribution in [0.2, 0.25) is 0 Å². The van der Waals surface area contributed by atoms with Crippen LogP contribution >= 0.6 is 23.1 Å². The van der Waals surface area contributed by atoms with E-state index in [0.29, 0.717) is 27.0 Å². The number of nitrogens with zero attached hydrogens (tertiary/aromatic N) is 4. The molecular weight excluding hydrogens is 328 g/mol. The second kappa shape index (κ2) is 6.14. The monoisotopic (exact) mass is 342 g/mol. The lowest BCUT2D eigenvalue weighted by atomic mass is 10.1. The van der Waals surface area contributed by atoms with Gasteiger partial charge in [0.15, 0.2) is 4.96 Å². The minimum absolute atomic E-state index is 0.0865. The van der Waals surface area contributed by atoms with E-state index in [-0.39, 0.29) is 5.56 Å². The Labute approximate surface area is 141 Å². The molecule has 3 aromatic heterocycles. The second-order valence-electron chi connectivity index (χ2n) is 5.17. The van der Waals surface area contributed by atoms with Gasteiger partial charge in [-0.3, -0.25) is 9.20 Å². The predicted octanol–water partition coefficient (Wildman–Crippen LogP) is 3.24. The van der Waals surface area contributed by atoms with Crippen LogP contribution in [0.1, 0.15) is 28.1 Å². The maximum atomic E-state index is 12.0. The molecule has 3 rings (SSSR count). The average molecular weight is 342 g/mol. The number of aromatic nitrogens is 3. The standard InChI is InChI=1S/C16H14N4OS2/c1-9-10(2)13(7-17)15(18-11(9)3)23-8-12-6-14(21)20-4-5-22-16(20)19-12/h4-6H,8H2,1-3H3. The molecule has 0 saturated heterocycles. The summed E-state index contributed by atoms with van der Waals surface area (Å²) in [7, 11) is 0. The Hall–Kier alpha value is -2.17. The Bertz CT molecular complexity index is 998. The van der Waals surface area contributed by atoms with Crippen molar-refractivity contribution in [1.29, 1.82) is 5.26 Å². The average Bonchev–Trinajstić information content (AvgIpc) is 3.00. The van der Waals surface area contributed by atoms with Crippen LogP contribution in [0.25, 0.3) is 4.96 Å². The minimum atomic E-state index is -0.0865. The van der Waals surface area contributed by atoms with Crippen LogP contribution < -0.4 is 5.56 Å². The lowest BCUT2D eigenvalue weighted by Crippen LogP contribution is -2.12. The van der Waals surface area contributed by atoms with E-state index in [1.165, 1.54) is 33.6 Å². The van der Waals surface area contributed by atoms with Crippen molar-refractivity contribution in [2.45, 2.75) is 31.6 Å². The number of hydrogen-bond acceptors (Lipinski definition) is 6. The molecule has 0 bridgehead atoms. The third-order valence-corrected chi connectivity index (χ3v) is 5.55. The molecule has 116 valence electrons. The van der Waals surface area contributed by atoms with Crippen molar-refractivity contribution in [3.05, 3.63) is 56.1 Å². The number of nitriles is 1. The van der Waals surface area contributed by atoms with Gasteiger partial charge in [-0.15, -0.1) is 11.3 Å². The summed E-state index contributed by atoms with van der Waals surface area (Å²) in [4.78, 5) is 21.7. The molecule has 0 radical (unpaired) electrons. The molecule has 7 heteroatoms. The van der Waals surface area contributed by atoms with Crippen LogP contribution in [0.3, 0.4) is 0 Å². The Morgan fingerprint density at radius 1 is 1.30 bits per heavy atom. The highest BCUT2D eigenvalue weighted by atomic mass is 32.2. The third kappa shape index (κ3) is 2.87. The molecule has 0 fully saturated rings. The summed E-state index contributed by atoms with van der Waals surface area (Å²) < 4.78 is 1.53. The van der Waals surface area contributed by atoms with Gasteiger partial charge in [0.1, 0.15) is 11.1 Å². The molecule has 0 atom stereocenters. The predicted molar refractivity (Wildman–Crippen MR) is 92.1 cm³/mol. The van der Waals surface area contributed by atoms with Crippen molar-refractivity contribution in [3.8, 4) is 6.07 Å². The van der Waals surface area contributed by atoms with Gasteiger partial charge >= 0.3 is 0 Å². The van der Waals surface area contributed by atoms with Gasteiger partial charge in [0.2, 0.25) is 0 Å².